The van der Waals surface area contributed by atoms with Gasteiger partial charge in [-0.05, 0) is 37.7 Å². The molecule has 1 fully saturated rings. The van der Waals surface area contributed by atoms with Crippen molar-refractivity contribution >= 4 is 35.8 Å². The van der Waals surface area contributed by atoms with Gasteiger partial charge in [0.15, 0.2) is 0 Å². The molecule has 8 heteroatoms. The number of carbonyl (C=O) groups is 1. The lowest BCUT2D eigenvalue weighted by molar-refractivity contribution is -0.387. The van der Waals surface area contributed by atoms with Crippen LogP contribution in [0.15, 0.2) is 23.1 Å². The number of carbonyl (C=O) groups excluding carboxylic acids is 1. The fourth-order valence-corrected chi connectivity index (χ4v) is 3.19. The minimum atomic E-state index is -0.445. The van der Waals surface area contributed by atoms with Gasteiger partial charge in [0.2, 0.25) is 0 Å². The molecule has 1 heterocycles. The highest BCUT2D eigenvalue weighted by molar-refractivity contribution is 7.98. The third-order valence-corrected chi connectivity index (χ3v) is 4.57. The van der Waals surface area contributed by atoms with Crippen molar-refractivity contribution in [2.75, 3.05) is 19.3 Å². The van der Waals surface area contributed by atoms with Crippen LogP contribution in [0.4, 0.5) is 5.69 Å². The third kappa shape index (κ3) is 3.91. The van der Waals surface area contributed by atoms with Crippen molar-refractivity contribution < 1.29 is 9.72 Å². The van der Waals surface area contributed by atoms with Crippen molar-refractivity contribution in [1.82, 2.24) is 4.90 Å². The molecule has 1 saturated heterocycles. The van der Waals surface area contributed by atoms with Crippen LogP contribution in [-0.2, 0) is 0 Å². The van der Waals surface area contributed by atoms with Crippen LogP contribution in [-0.4, -0.2) is 41.1 Å². The number of nitrogens with zero attached hydrogens (tertiary/aromatic N) is 2. The lowest BCUT2D eigenvalue weighted by Crippen LogP contribution is -2.47. The third-order valence-electron chi connectivity index (χ3n) is 3.78. The van der Waals surface area contributed by atoms with E-state index in [0.29, 0.717) is 23.5 Å². The van der Waals surface area contributed by atoms with Gasteiger partial charge in [-0.15, -0.1) is 24.2 Å². The molecule has 1 aliphatic heterocycles. The second-order valence-corrected chi connectivity index (χ2v) is 5.88. The highest BCUT2D eigenvalue weighted by Crippen LogP contribution is 2.29. The van der Waals surface area contributed by atoms with E-state index in [4.69, 9.17) is 5.73 Å². The molecule has 1 aromatic carbocycles. The predicted molar refractivity (Wildman–Crippen MR) is 89.9 cm³/mol. The summed E-state index contributed by atoms with van der Waals surface area (Å²) in [7, 11) is 0. The van der Waals surface area contributed by atoms with E-state index in [2.05, 4.69) is 0 Å². The van der Waals surface area contributed by atoms with Gasteiger partial charge in [0.1, 0.15) is 0 Å². The normalized spacial score (nSPS) is 17.7. The summed E-state index contributed by atoms with van der Waals surface area (Å²) in [4.78, 5) is 25.6. The summed E-state index contributed by atoms with van der Waals surface area (Å²) in [6.45, 7) is 1.09. The number of piperidine rings is 1. The second kappa shape index (κ2) is 8.36. The van der Waals surface area contributed by atoms with Crippen LogP contribution in [0.25, 0.3) is 0 Å². The number of hydrogen-bond donors (Lipinski definition) is 1. The Hall–Kier alpha value is -1.31. The summed E-state index contributed by atoms with van der Waals surface area (Å²) in [5.41, 5.74) is 6.07. The molecule has 0 saturated carbocycles. The van der Waals surface area contributed by atoms with Crippen molar-refractivity contribution in [3.8, 4) is 0 Å². The minimum Gasteiger partial charge on any atom is -0.334 e. The highest BCUT2D eigenvalue weighted by Gasteiger charge is 2.27. The smallest absolute Gasteiger partial charge is 0.283 e. The lowest BCUT2D eigenvalue weighted by Gasteiger charge is -2.35. The first kappa shape index (κ1) is 18.7. The number of amides is 1. The van der Waals surface area contributed by atoms with Crippen LogP contribution < -0.4 is 5.73 Å². The molecule has 6 nitrogen and oxygen atoms in total. The Balaban J connectivity index is 0.00000242. The molecule has 1 unspecified atom stereocenters. The van der Waals surface area contributed by atoms with Gasteiger partial charge in [0.05, 0.1) is 9.82 Å². The Morgan fingerprint density at radius 3 is 2.82 bits per heavy atom. The molecule has 0 aromatic heterocycles. The standard InChI is InChI=1S/C14H19N3O3S.ClH/c1-21-13-6-5-10(8-12(13)17(19)20)14(18)16-7-3-2-4-11(16)9-15;/h5-6,8,11H,2-4,7,9,15H2,1H3;1H. The zero-order valence-corrected chi connectivity index (χ0v) is 14.0. The quantitative estimate of drug-likeness (QED) is 0.514. The van der Waals surface area contributed by atoms with E-state index >= 15 is 0 Å². The van der Waals surface area contributed by atoms with Gasteiger partial charge in [0.25, 0.3) is 11.6 Å². The van der Waals surface area contributed by atoms with Gasteiger partial charge in [-0.25, -0.2) is 0 Å². The van der Waals surface area contributed by atoms with Crippen LogP contribution in [0, 0.1) is 10.1 Å². The number of nitro benzene ring substituents is 1. The van der Waals surface area contributed by atoms with Gasteiger partial charge >= 0.3 is 0 Å². The zero-order valence-electron chi connectivity index (χ0n) is 12.4. The van der Waals surface area contributed by atoms with E-state index in [-0.39, 0.29) is 30.0 Å². The molecule has 0 spiro atoms. The molecule has 2 rings (SSSR count). The zero-order chi connectivity index (χ0) is 15.4. The van der Waals surface area contributed by atoms with Crippen LogP contribution in [0.1, 0.15) is 29.6 Å². The van der Waals surface area contributed by atoms with Crippen LogP contribution in [0.2, 0.25) is 0 Å². The fourth-order valence-electron chi connectivity index (χ4n) is 2.64. The van der Waals surface area contributed by atoms with Crippen molar-refractivity contribution in [3.63, 3.8) is 0 Å². The van der Waals surface area contributed by atoms with Crippen LogP contribution in [0.5, 0.6) is 0 Å². The number of halogens is 1. The average molecular weight is 346 g/mol. The second-order valence-electron chi connectivity index (χ2n) is 5.03. The molecule has 1 aliphatic rings. The molecule has 0 bridgehead atoms. The largest absolute Gasteiger partial charge is 0.334 e. The number of benzene rings is 1. The summed E-state index contributed by atoms with van der Waals surface area (Å²) in [6.07, 6.45) is 4.69. The summed E-state index contributed by atoms with van der Waals surface area (Å²) >= 11 is 1.30. The molecule has 2 N–H and O–H groups in total. The van der Waals surface area contributed by atoms with Crippen molar-refractivity contribution in [3.05, 3.63) is 33.9 Å². The maximum atomic E-state index is 12.6. The molecule has 0 aliphatic carbocycles. The molecular formula is C14H20ClN3O3S. The van der Waals surface area contributed by atoms with Crippen molar-refractivity contribution in [1.29, 1.82) is 0 Å². The monoisotopic (exact) mass is 345 g/mol. The molecule has 1 aromatic rings. The first-order valence-corrected chi connectivity index (χ1v) is 8.14. The topological polar surface area (TPSA) is 89.5 Å². The maximum Gasteiger partial charge on any atom is 0.283 e. The number of nitro groups is 1. The van der Waals surface area contributed by atoms with Crippen LogP contribution >= 0.6 is 24.2 Å². The van der Waals surface area contributed by atoms with Gasteiger partial charge in [-0.2, -0.15) is 0 Å². The van der Waals surface area contributed by atoms with Crippen molar-refractivity contribution in [2.24, 2.45) is 5.73 Å². The Bertz CT molecular complexity index is 556. The Morgan fingerprint density at radius 2 is 2.23 bits per heavy atom. The van der Waals surface area contributed by atoms with E-state index in [0.717, 1.165) is 19.3 Å². The van der Waals surface area contributed by atoms with E-state index in [1.165, 1.54) is 17.8 Å². The minimum absolute atomic E-state index is 0. The number of thioether (sulfide) groups is 1. The van der Waals surface area contributed by atoms with Gasteiger partial charge in [-0.1, -0.05) is 0 Å². The predicted octanol–water partition coefficient (Wildman–Crippen LogP) is 2.69. The molecule has 1 atom stereocenters. The Kier molecular flexibility index (Phi) is 7.12. The summed E-state index contributed by atoms with van der Waals surface area (Å²) < 4.78 is 0. The van der Waals surface area contributed by atoms with E-state index in [1.54, 1.807) is 23.3 Å². The number of likely N-dealkylation sites (tertiary alicyclic amines) is 1. The van der Waals surface area contributed by atoms with Gasteiger partial charge < -0.3 is 10.6 Å². The Morgan fingerprint density at radius 1 is 1.50 bits per heavy atom. The number of hydrogen-bond acceptors (Lipinski definition) is 5. The van der Waals surface area contributed by atoms with Gasteiger partial charge in [0, 0.05) is 30.8 Å². The summed E-state index contributed by atoms with van der Waals surface area (Å²) in [5.74, 6) is -0.166. The maximum absolute atomic E-state index is 12.6. The summed E-state index contributed by atoms with van der Waals surface area (Å²) in [5, 5.41) is 11.1. The number of nitrogens with two attached hydrogens (primary N) is 1. The molecular weight excluding hydrogens is 326 g/mol. The fraction of sp³-hybridized carbons (Fsp3) is 0.500. The Labute approximate surface area is 140 Å². The van der Waals surface area contributed by atoms with E-state index in [1.807, 2.05) is 0 Å². The van der Waals surface area contributed by atoms with E-state index in [9.17, 15) is 14.9 Å². The lowest BCUT2D eigenvalue weighted by atomic mass is 10.0. The van der Waals surface area contributed by atoms with Gasteiger partial charge in [-0.3, -0.25) is 14.9 Å². The van der Waals surface area contributed by atoms with Crippen LogP contribution in [0.3, 0.4) is 0 Å². The number of rotatable bonds is 4. The highest BCUT2D eigenvalue weighted by atomic mass is 35.5. The van der Waals surface area contributed by atoms with Crippen molar-refractivity contribution in [2.45, 2.75) is 30.2 Å². The molecule has 0 radical (unpaired) electrons. The molecule has 122 valence electrons. The first-order valence-electron chi connectivity index (χ1n) is 6.92. The SMILES string of the molecule is CSc1ccc(C(=O)N2CCCCC2CN)cc1[N+](=O)[O-].Cl. The molecule has 22 heavy (non-hydrogen) atoms. The average Bonchev–Trinajstić information content (AvgIpc) is 2.53. The van der Waals surface area contributed by atoms with E-state index < -0.39 is 4.92 Å². The first-order chi connectivity index (χ1) is 10.1. The summed E-state index contributed by atoms with van der Waals surface area (Å²) in [6, 6.07) is 4.70. The molecule has 1 amide bonds.